The van der Waals surface area contributed by atoms with Crippen LogP contribution >= 0.6 is 35.0 Å². The molecule has 0 aromatic heterocycles. The molecule has 2 aromatic rings. The average Bonchev–Trinajstić information content (AvgIpc) is 2.85. The first kappa shape index (κ1) is 19.0. The Balaban J connectivity index is 1.95. The molecule has 1 aliphatic rings. The van der Waals surface area contributed by atoms with Crippen molar-refractivity contribution in [3.63, 3.8) is 0 Å². The van der Waals surface area contributed by atoms with Crippen LogP contribution in [0.25, 0.3) is 6.08 Å². The molecule has 26 heavy (non-hydrogen) atoms. The van der Waals surface area contributed by atoms with Gasteiger partial charge >= 0.3 is 0 Å². The number of carbonyl (C=O) groups excluding carboxylic acids is 1. The number of hydrogen-bond acceptors (Lipinski definition) is 3. The number of thioether (sulfide) groups is 1. The molecule has 1 heterocycles. The zero-order valence-corrected chi connectivity index (χ0v) is 16.8. The highest BCUT2D eigenvalue weighted by atomic mass is 35.5. The lowest BCUT2D eigenvalue weighted by Crippen LogP contribution is -2.32. The second kappa shape index (κ2) is 8.30. The highest BCUT2D eigenvalue weighted by Crippen LogP contribution is 2.35. The molecule has 3 nitrogen and oxygen atoms in total. The van der Waals surface area contributed by atoms with E-state index >= 15 is 0 Å². The van der Waals surface area contributed by atoms with Gasteiger partial charge in [-0.15, -0.1) is 0 Å². The molecule has 1 fully saturated rings. The summed E-state index contributed by atoms with van der Waals surface area (Å²) in [5.41, 5.74) is 1.66. The molecule has 1 amide bonds. The van der Waals surface area contributed by atoms with Gasteiger partial charge in [0.2, 0.25) is 0 Å². The number of carbonyl (C=O) groups is 1. The van der Waals surface area contributed by atoms with Crippen LogP contribution in [0.3, 0.4) is 0 Å². The maximum Gasteiger partial charge on any atom is 0.266 e. The Morgan fingerprint density at radius 2 is 1.85 bits per heavy atom. The van der Waals surface area contributed by atoms with E-state index in [1.54, 1.807) is 17.0 Å². The fourth-order valence-corrected chi connectivity index (χ4v) is 3.80. The minimum Gasteiger partial charge on any atom is -0.286 e. The lowest BCUT2D eigenvalue weighted by Gasteiger charge is -2.17. The Morgan fingerprint density at radius 3 is 2.50 bits per heavy atom. The lowest BCUT2D eigenvalue weighted by molar-refractivity contribution is -0.122. The van der Waals surface area contributed by atoms with E-state index in [1.165, 1.54) is 11.8 Å². The quantitative estimate of drug-likeness (QED) is 0.563. The topological polar surface area (TPSA) is 32.7 Å². The fraction of sp³-hybridized carbons (Fsp3) is 0.200. The molecule has 0 aliphatic carbocycles. The molecule has 1 aliphatic heterocycles. The highest BCUT2D eigenvalue weighted by Gasteiger charge is 2.33. The second-order valence-electron chi connectivity index (χ2n) is 6.35. The van der Waals surface area contributed by atoms with Crippen molar-refractivity contribution in [3.05, 3.63) is 69.0 Å². The van der Waals surface area contributed by atoms with Crippen molar-refractivity contribution in [1.29, 1.82) is 0 Å². The molecule has 0 unspecified atom stereocenters. The van der Waals surface area contributed by atoms with Crippen molar-refractivity contribution < 1.29 is 4.79 Å². The third kappa shape index (κ3) is 4.70. The Bertz CT molecular complexity index is 876. The Kier molecular flexibility index (Phi) is 6.07. The van der Waals surface area contributed by atoms with Crippen LogP contribution in [-0.2, 0) is 4.79 Å². The third-order valence-corrected chi connectivity index (χ3v) is 5.13. The summed E-state index contributed by atoms with van der Waals surface area (Å²) in [5.74, 6) is 0.304. The maximum atomic E-state index is 12.9. The number of rotatable bonds is 4. The smallest absolute Gasteiger partial charge is 0.266 e. The second-order valence-corrected chi connectivity index (χ2v) is 8.23. The van der Waals surface area contributed by atoms with Gasteiger partial charge < -0.3 is 0 Å². The van der Waals surface area contributed by atoms with Crippen molar-refractivity contribution in [2.75, 3.05) is 6.54 Å². The summed E-state index contributed by atoms with van der Waals surface area (Å²) < 4.78 is 0. The van der Waals surface area contributed by atoms with Crippen molar-refractivity contribution in [3.8, 4) is 0 Å². The molecule has 0 saturated carbocycles. The van der Waals surface area contributed by atoms with E-state index in [2.05, 4.69) is 18.8 Å². The van der Waals surface area contributed by atoms with Gasteiger partial charge in [-0.3, -0.25) is 9.69 Å². The largest absolute Gasteiger partial charge is 0.286 e. The van der Waals surface area contributed by atoms with Gasteiger partial charge in [0.1, 0.15) is 0 Å². The van der Waals surface area contributed by atoms with Crippen LogP contribution in [0.5, 0.6) is 0 Å². The third-order valence-electron chi connectivity index (χ3n) is 3.64. The molecule has 0 N–H and O–H groups in total. The van der Waals surface area contributed by atoms with Gasteiger partial charge in [0, 0.05) is 16.6 Å². The van der Waals surface area contributed by atoms with Gasteiger partial charge in [-0.25, -0.2) is 4.99 Å². The minimum absolute atomic E-state index is 0.0283. The average molecular weight is 405 g/mol. The van der Waals surface area contributed by atoms with Crippen molar-refractivity contribution in [2.24, 2.45) is 10.9 Å². The number of halogens is 2. The number of aliphatic imine (C=N–C) groups is 1. The van der Waals surface area contributed by atoms with Gasteiger partial charge in [-0.05, 0) is 59.7 Å². The Labute approximate surface area is 167 Å². The maximum absolute atomic E-state index is 12.9. The van der Waals surface area contributed by atoms with Crippen LogP contribution in [0.2, 0.25) is 10.0 Å². The zero-order chi connectivity index (χ0) is 18.7. The molecule has 134 valence electrons. The minimum atomic E-state index is -0.0283. The molecule has 6 heteroatoms. The highest BCUT2D eigenvalue weighted by molar-refractivity contribution is 8.18. The van der Waals surface area contributed by atoms with Gasteiger partial charge in [0.25, 0.3) is 5.91 Å². The predicted octanol–water partition coefficient (Wildman–Crippen LogP) is 6.25. The van der Waals surface area contributed by atoms with Crippen molar-refractivity contribution in [2.45, 2.75) is 13.8 Å². The zero-order valence-electron chi connectivity index (χ0n) is 14.4. The van der Waals surface area contributed by atoms with E-state index in [4.69, 9.17) is 23.2 Å². The lowest BCUT2D eigenvalue weighted by atomic mass is 10.2. The molecule has 3 rings (SSSR count). The van der Waals surface area contributed by atoms with E-state index in [0.717, 1.165) is 11.3 Å². The SMILES string of the molecule is CC(C)CN1C(=O)/C(=C\c2ccc(Cl)cc2)SC1=Nc1cccc(Cl)c1. The van der Waals surface area contributed by atoms with Crippen LogP contribution in [-0.4, -0.2) is 22.5 Å². The summed E-state index contributed by atoms with van der Waals surface area (Å²) in [7, 11) is 0. The van der Waals surface area contributed by atoms with Crippen molar-refractivity contribution in [1.82, 2.24) is 4.90 Å². The van der Waals surface area contributed by atoms with Gasteiger partial charge in [-0.1, -0.05) is 55.2 Å². The molecule has 0 spiro atoms. The number of nitrogens with zero attached hydrogens (tertiary/aromatic N) is 2. The normalized spacial score (nSPS) is 17.7. The molecular formula is C20H18Cl2N2OS. The molecule has 0 bridgehead atoms. The molecule has 0 radical (unpaired) electrons. The molecule has 0 atom stereocenters. The summed E-state index contributed by atoms with van der Waals surface area (Å²) >= 11 is 13.4. The van der Waals surface area contributed by atoms with Gasteiger partial charge in [0.15, 0.2) is 5.17 Å². The Morgan fingerprint density at radius 1 is 1.12 bits per heavy atom. The summed E-state index contributed by atoms with van der Waals surface area (Å²) in [6.45, 7) is 4.77. The van der Waals surface area contributed by atoms with E-state index < -0.39 is 0 Å². The summed E-state index contributed by atoms with van der Waals surface area (Å²) in [5, 5.41) is 1.96. The van der Waals surface area contributed by atoms with Gasteiger partial charge in [0.05, 0.1) is 10.6 Å². The monoisotopic (exact) mass is 404 g/mol. The molecule has 2 aromatic carbocycles. The van der Waals surface area contributed by atoms with Crippen molar-refractivity contribution >= 4 is 57.8 Å². The number of benzene rings is 2. The molecular weight excluding hydrogens is 387 g/mol. The number of amidine groups is 1. The van der Waals surface area contributed by atoms with Crippen LogP contribution in [0, 0.1) is 5.92 Å². The predicted molar refractivity (Wildman–Crippen MR) is 112 cm³/mol. The van der Waals surface area contributed by atoms with E-state index in [1.807, 2.05) is 42.5 Å². The summed E-state index contributed by atoms with van der Waals surface area (Å²) in [6, 6.07) is 14.7. The van der Waals surface area contributed by atoms with Crippen LogP contribution in [0.4, 0.5) is 5.69 Å². The van der Waals surface area contributed by atoms with Crippen LogP contribution < -0.4 is 0 Å². The summed E-state index contributed by atoms with van der Waals surface area (Å²) in [6.07, 6.45) is 1.87. The van der Waals surface area contributed by atoms with Crippen LogP contribution in [0.15, 0.2) is 58.4 Å². The first-order chi connectivity index (χ1) is 12.4. The van der Waals surface area contributed by atoms with E-state index in [0.29, 0.717) is 32.6 Å². The standard InChI is InChI=1S/C20H18Cl2N2OS/c1-13(2)12-24-19(25)18(10-14-6-8-15(21)9-7-14)26-20(24)23-17-5-3-4-16(22)11-17/h3-11,13H,12H2,1-2H3/b18-10+,23-20?. The fourth-order valence-electron chi connectivity index (χ4n) is 2.48. The Hall–Kier alpha value is -1.75. The van der Waals surface area contributed by atoms with Crippen LogP contribution in [0.1, 0.15) is 19.4 Å². The number of hydrogen-bond donors (Lipinski definition) is 0. The number of amides is 1. The van der Waals surface area contributed by atoms with Gasteiger partial charge in [-0.2, -0.15) is 0 Å². The van der Waals surface area contributed by atoms with E-state index in [9.17, 15) is 4.79 Å². The first-order valence-electron chi connectivity index (χ1n) is 8.23. The first-order valence-corrected chi connectivity index (χ1v) is 9.81. The molecule has 1 saturated heterocycles. The summed E-state index contributed by atoms with van der Waals surface area (Å²) in [4.78, 5) is 19.9. The van der Waals surface area contributed by atoms with E-state index in [-0.39, 0.29) is 5.91 Å².